The number of rotatable bonds is 2. The third-order valence-corrected chi connectivity index (χ3v) is 4.38. The van der Waals surface area contributed by atoms with Crippen LogP contribution >= 0.6 is 0 Å². The van der Waals surface area contributed by atoms with Gasteiger partial charge in [0.1, 0.15) is 5.75 Å². The first-order valence-corrected chi connectivity index (χ1v) is 7.52. The molecule has 1 fully saturated rings. The van der Waals surface area contributed by atoms with Gasteiger partial charge in [0.2, 0.25) is 6.29 Å². The molecule has 2 aliphatic rings. The summed E-state index contributed by atoms with van der Waals surface area (Å²) in [7, 11) is 0. The second-order valence-electron chi connectivity index (χ2n) is 5.84. The van der Waals surface area contributed by atoms with Gasteiger partial charge in [0.15, 0.2) is 0 Å². The van der Waals surface area contributed by atoms with Crippen molar-refractivity contribution in [3.8, 4) is 5.75 Å². The summed E-state index contributed by atoms with van der Waals surface area (Å²) in [5.74, 6) is 1.30. The Labute approximate surface area is 124 Å². The Balaban J connectivity index is 1.69. The minimum atomic E-state index is -0.122. The lowest BCUT2D eigenvalue weighted by atomic mass is 9.88. The van der Waals surface area contributed by atoms with Gasteiger partial charge in [-0.1, -0.05) is 35.9 Å². The van der Waals surface area contributed by atoms with E-state index in [9.17, 15) is 0 Å². The number of hydrogen-bond donors (Lipinski definition) is 1. The zero-order valence-electron chi connectivity index (χ0n) is 12.1. The molecule has 0 spiro atoms. The van der Waals surface area contributed by atoms with Gasteiger partial charge in [-0.2, -0.15) is 0 Å². The quantitative estimate of drug-likeness (QED) is 0.905. The zero-order valence-corrected chi connectivity index (χ0v) is 12.1. The lowest BCUT2D eigenvalue weighted by Crippen LogP contribution is -2.36. The smallest absolute Gasteiger partial charge is 0.205 e. The molecule has 0 amide bonds. The molecule has 0 saturated carbocycles. The highest BCUT2D eigenvalue weighted by atomic mass is 16.7. The van der Waals surface area contributed by atoms with Crippen molar-refractivity contribution in [3.05, 3.63) is 59.7 Å². The number of fused-ring (bicyclic) bond motifs is 2. The molecule has 4 rings (SSSR count). The van der Waals surface area contributed by atoms with Crippen molar-refractivity contribution in [2.45, 2.75) is 25.7 Å². The van der Waals surface area contributed by atoms with Gasteiger partial charge in [0.05, 0.1) is 12.6 Å². The molecule has 21 heavy (non-hydrogen) atoms. The molecule has 2 aromatic rings. The molecule has 2 aliphatic heterocycles. The van der Waals surface area contributed by atoms with Crippen molar-refractivity contribution < 1.29 is 9.47 Å². The first kappa shape index (κ1) is 12.7. The maximum Gasteiger partial charge on any atom is 0.205 e. The highest BCUT2D eigenvalue weighted by molar-refractivity contribution is 5.50. The minimum absolute atomic E-state index is 0.122. The fourth-order valence-electron chi connectivity index (χ4n) is 3.24. The highest BCUT2D eigenvalue weighted by Crippen LogP contribution is 2.44. The molecular weight excluding hydrogens is 262 g/mol. The number of ether oxygens (including phenoxy) is 2. The van der Waals surface area contributed by atoms with E-state index in [1.165, 1.54) is 11.1 Å². The number of hydrogen-bond acceptors (Lipinski definition) is 3. The van der Waals surface area contributed by atoms with Crippen molar-refractivity contribution in [3.63, 3.8) is 0 Å². The second-order valence-corrected chi connectivity index (χ2v) is 5.84. The molecule has 3 nitrogen and oxygen atoms in total. The summed E-state index contributed by atoms with van der Waals surface area (Å²) in [4.78, 5) is 0. The van der Waals surface area contributed by atoms with Crippen LogP contribution in [0.1, 0.15) is 23.6 Å². The summed E-state index contributed by atoms with van der Waals surface area (Å²) in [6.45, 7) is 2.88. The van der Waals surface area contributed by atoms with Crippen LogP contribution in [0.5, 0.6) is 5.75 Å². The Kier molecular flexibility index (Phi) is 3.08. The van der Waals surface area contributed by atoms with Crippen LogP contribution in [-0.4, -0.2) is 12.9 Å². The molecule has 0 aromatic heterocycles. The fraction of sp³-hybridized carbons (Fsp3) is 0.333. The van der Waals surface area contributed by atoms with E-state index in [0.29, 0.717) is 5.92 Å². The first-order valence-electron chi connectivity index (χ1n) is 7.52. The van der Waals surface area contributed by atoms with Gasteiger partial charge in [0.25, 0.3) is 0 Å². The fourth-order valence-corrected chi connectivity index (χ4v) is 3.24. The second kappa shape index (κ2) is 5.08. The monoisotopic (exact) mass is 281 g/mol. The molecule has 3 atom stereocenters. The summed E-state index contributed by atoms with van der Waals surface area (Å²) in [5.41, 5.74) is 3.65. The molecule has 0 unspecified atom stereocenters. The van der Waals surface area contributed by atoms with Crippen LogP contribution in [0, 0.1) is 12.8 Å². The minimum Gasteiger partial charge on any atom is -0.464 e. The van der Waals surface area contributed by atoms with Crippen LogP contribution in [0.4, 0.5) is 5.69 Å². The number of aryl methyl sites for hydroxylation is 1. The van der Waals surface area contributed by atoms with Gasteiger partial charge in [-0.05, 0) is 31.5 Å². The normalized spacial score (nSPS) is 26.6. The van der Waals surface area contributed by atoms with Crippen molar-refractivity contribution in [1.82, 2.24) is 0 Å². The van der Waals surface area contributed by atoms with Crippen molar-refractivity contribution in [2.24, 2.45) is 5.92 Å². The lowest BCUT2D eigenvalue weighted by Gasteiger charge is -2.35. The van der Waals surface area contributed by atoms with Gasteiger partial charge in [-0.25, -0.2) is 0 Å². The first-order chi connectivity index (χ1) is 10.3. The molecule has 3 heteroatoms. The van der Waals surface area contributed by atoms with E-state index in [2.05, 4.69) is 48.6 Å². The van der Waals surface area contributed by atoms with Gasteiger partial charge < -0.3 is 14.8 Å². The van der Waals surface area contributed by atoms with E-state index >= 15 is 0 Å². The standard InChI is InChI=1S/C18H19NO2/c1-12-6-8-13(9-7-12)19-17-14-4-2-3-5-16(14)21-18-15(17)10-11-20-18/h2-9,15,17-19H,10-11H2,1H3/t15-,17-,18+/m1/s1. The summed E-state index contributed by atoms with van der Waals surface area (Å²) in [6.07, 6.45) is 0.908. The van der Waals surface area contributed by atoms with E-state index in [1.54, 1.807) is 0 Å². The Bertz CT molecular complexity index is 638. The largest absolute Gasteiger partial charge is 0.464 e. The number of anilines is 1. The van der Waals surface area contributed by atoms with Crippen LogP contribution in [0.3, 0.4) is 0 Å². The summed E-state index contributed by atoms with van der Waals surface area (Å²) < 4.78 is 11.7. The van der Waals surface area contributed by atoms with E-state index in [4.69, 9.17) is 9.47 Å². The lowest BCUT2D eigenvalue weighted by molar-refractivity contribution is -0.0747. The molecule has 0 aliphatic carbocycles. The van der Waals surface area contributed by atoms with Crippen LogP contribution in [0.15, 0.2) is 48.5 Å². The Hall–Kier alpha value is -2.00. The topological polar surface area (TPSA) is 30.5 Å². The molecular formula is C18H19NO2. The van der Waals surface area contributed by atoms with Gasteiger partial charge >= 0.3 is 0 Å². The molecule has 1 N–H and O–H groups in total. The number of benzene rings is 2. The van der Waals surface area contributed by atoms with Gasteiger partial charge in [-0.3, -0.25) is 0 Å². The van der Waals surface area contributed by atoms with Crippen molar-refractivity contribution in [2.75, 3.05) is 11.9 Å². The van der Waals surface area contributed by atoms with E-state index in [0.717, 1.165) is 24.5 Å². The molecule has 0 radical (unpaired) electrons. The van der Waals surface area contributed by atoms with Crippen LogP contribution in [-0.2, 0) is 4.74 Å². The third-order valence-electron chi connectivity index (χ3n) is 4.38. The van der Waals surface area contributed by atoms with E-state index in [1.807, 2.05) is 12.1 Å². The predicted octanol–water partition coefficient (Wildman–Crippen LogP) is 3.90. The van der Waals surface area contributed by atoms with Crippen molar-refractivity contribution in [1.29, 1.82) is 0 Å². The van der Waals surface area contributed by atoms with Crippen LogP contribution in [0.25, 0.3) is 0 Å². The molecule has 2 heterocycles. The highest BCUT2D eigenvalue weighted by Gasteiger charge is 2.42. The Morgan fingerprint density at radius 3 is 2.71 bits per heavy atom. The average molecular weight is 281 g/mol. The molecule has 108 valence electrons. The number of para-hydroxylation sites is 1. The van der Waals surface area contributed by atoms with Gasteiger partial charge in [-0.15, -0.1) is 0 Å². The number of nitrogens with one attached hydrogen (secondary N) is 1. The Morgan fingerprint density at radius 1 is 1.05 bits per heavy atom. The zero-order chi connectivity index (χ0) is 14.2. The van der Waals surface area contributed by atoms with E-state index < -0.39 is 0 Å². The SMILES string of the molecule is Cc1ccc(N[C@@H]2c3ccccc3O[C@@H]3OCC[C@@H]32)cc1. The average Bonchev–Trinajstić information content (AvgIpc) is 2.97. The van der Waals surface area contributed by atoms with E-state index in [-0.39, 0.29) is 12.3 Å². The van der Waals surface area contributed by atoms with Crippen LogP contribution < -0.4 is 10.1 Å². The summed E-state index contributed by atoms with van der Waals surface area (Å²) in [5, 5.41) is 3.68. The maximum absolute atomic E-state index is 5.98. The van der Waals surface area contributed by atoms with Gasteiger partial charge in [0, 0.05) is 17.2 Å². The summed E-state index contributed by atoms with van der Waals surface area (Å²) in [6, 6.07) is 17.0. The molecule has 2 aromatic carbocycles. The summed E-state index contributed by atoms with van der Waals surface area (Å²) >= 11 is 0. The van der Waals surface area contributed by atoms with Crippen LogP contribution in [0.2, 0.25) is 0 Å². The predicted molar refractivity (Wildman–Crippen MR) is 82.5 cm³/mol. The van der Waals surface area contributed by atoms with Crippen molar-refractivity contribution >= 4 is 5.69 Å². The molecule has 1 saturated heterocycles. The Morgan fingerprint density at radius 2 is 1.86 bits per heavy atom. The third kappa shape index (κ3) is 2.28. The molecule has 0 bridgehead atoms. The maximum atomic E-state index is 5.98.